The zero-order valence-corrected chi connectivity index (χ0v) is 16.0. The molecule has 1 saturated carbocycles. The van der Waals surface area contributed by atoms with E-state index < -0.39 is 11.6 Å². The molecule has 1 amide bonds. The molecule has 1 aliphatic carbocycles. The van der Waals surface area contributed by atoms with Crippen molar-refractivity contribution in [3.05, 3.63) is 57.3 Å². The average Bonchev–Trinajstić information content (AvgIpc) is 3.35. The predicted octanol–water partition coefficient (Wildman–Crippen LogP) is 5.53. The van der Waals surface area contributed by atoms with Crippen molar-refractivity contribution < 1.29 is 13.6 Å². The van der Waals surface area contributed by atoms with Crippen molar-refractivity contribution in [3.8, 4) is 0 Å². The number of nitrogens with one attached hydrogen (secondary N) is 1. The van der Waals surface area contributed by atoms with Crippen LogP contribution in [-0.4, -0.2) is 18.1 Å². The highest BCUT2D eigenvalue weighted by molar-refractivity contribution is 6.40. The number of nitrogens with zero attached hydrogens (tertiary/aromatic N) is 1. The predicted molar refractivity (Wildman–Crippen MR) is 104 cm³/mol. The first-order chi connectivity index (χ1) is 12.8. The number of hydrogen-bond acceptors (Lipinski definition) is 2. The Bertz CT molecular complexity index is 898. The summed E-state index contributed by atoms with van der Waals surface area (Å²) in [6, 6.07) is 8.13. The molecule has 2 aromatic carbocycles. The lowest BCUT2D eigenvalue weighted by Gasteiger charge is -2.32. The summed E-state index contributed by atoms with van der Waals surface area (Å²) in [4.78, 5) is 14.2. The number of fused-ring (bicyclic) bond motifs is 1. The van der Waals surface area contributed by atoms with E-state index >= 15 is 0 Å². The van der Waals surface area contributed by atoms with Crippen LogP contribution in [0.3, 0.4) is 0 Å². The highest BCUT2D eigenvalue weighted by Crippen LogP contribution is 2.44. The van der Waals surface area contributed by atoms with Gasteiger partial charge in [-0.3, -0.25) is 4.79 Å². The quantitative estimate of drug-likeness (QED) is 0.718. The topological polar surface area (TPSA) is 32.3 Å². The van der Waals surface area contributed by atoms with E-state index in [1.54, 1.807) is 18.2 Å². The van der Waals surface area contributed by atoms with Crippen LogP contribution in [0.4, 0.5) is 20.2 Å². The standard InChI is InChI=1S/C20H18Cl2F2N2O/c21-16-9-12-11-26(14-3-1-13(23)2-4-14)8-5-15(12)18(22)19(16)25-17(27)10-20(24)6-7-20/h1-4,9H,5-8,10-11H2,(H,25,27). The number of amides is 1. The zero-order chi connectivity index (χ0) is 19.2. The number of alkyl halides is 1. The van der Waals surface area contributed by atoms with Crippen LogP contribution in [0.5, 0.6) is 0 Å². The molecule has 0 saturated heterocycles. The van der Waals surface area contributed by atoms with Gasteiger partial charge in [0.15, 0.2) is 0 Å². The summed E-state index contributed by atoms with van der Waals surface area (Å²) in [7, 11) is 0. The number of hydrogen-bond donors (Lipinski definition) is 1. The Kier molecular flexibility index (Phi) is 4.77. The third-order valence-corrected chi connectivity index (χ3v) is 5.85. The Labute approximate surface area is 166 Å². The molecule has 2 aliphatic rings. The maximum absolute atomic E-state index is 13.8. The van der Waals surface area contributed by atoms with E-state index in [2.05, 4.69) is 10.2 Å². The lowest BCUT2D eigenvalue weighted by Crippen LogP contribution is -2.30. The zero-order valence-electron chi connectivity index (χ0n) is 14.5. The van der Waals surface area contributed by atoms with Gasteiger partial charge in [-0.25, -0.2) is 8.78 Å². The fraction of sp³-hybridized carbons (Fsp3) is 0.350. The van der Waals surface area contributed by atoms with Crippen molar-refractivity contribution in [3.63, 3.8) is 0 Å². The third kappa shape index (κ3) is 3.90. The van der Waals surface area contributed by atoms with Crippen LogP contribution in [-0.2, 0) is 17.8 Å². The molecule has 0 atom stereocenters. The van der Waals surface area contributed by atoms with E-state index in [0.717, 1.165) is 16.8 Å². The molecule has 0 radical (unpaired) electrons. The van der Waals surface area contributed by atoms with Gasteiger partial charge in [-0.05, 0) is 60.7 Å². The molecule has 0 unspecified atom stereocenters. The number of halogens is 4. The average molecular weight is 411 g/mol. The number of benzene rings is 2. The number of carbonyl (C=O) groups excluding carboxylic acids is 1. The van der Waals surface area contributed by atoms with Crippen molar-refractivity contribution in [2.75, 3.05) is 16.8 Å². The van der Waals surface area contributed by atoms with E-state index in [-0.39, 0.29) is 12.2 Å². The molecule has 1 heterocycles. The molecule has 3 nitrogen and oxygen atoms in total. The molecule has 7 heteroatoms. The summed E-state index contributed by atoms with van der Waals surface area (Å²) < 4.78 is 26.9. The van der Waals surface area contributed by atoms with Gasteiger partial charge in [-0.1, -0.05) is 23.2 Å². The molecule has 142 valence electrons. The third-order valence-electron chi connectivity index (χ3n) is 5.13. The molecular weight excluding hydrogens is 393 g/mol. The summed E-state index contributed by atoms with van der Waals surface area (Å²) in [5.41, 5.74) is 1.79. The normalized spacial score (nSPS) is 17.4. The van der Waals surface area contributed by atoms with Crippen LogP contribution in [0.1, 0.15) is 30.4 Å². The maximum atomic E-state index is 13.8. The van der Waals surface area contributed by atoms with Crippen molar-refractivity contribution in [2.24, 2.45) is 0 Å². The Morgan fingerprint density at radius 3 is 2.59 bits per heavy atom. The first-order valence-corrected chi connectivity index (χ1v) is 9.59. The summed E-state index contributed by atoms with van der Waals surface area (Å²) in [5.74, 6) is -0.689. The summed E-state index contributed by atoms with van der Waals surface area (Å²) in [6.07, 6.45) is 1.34. The lowest BCUT2D eigenvalue weighted by molar-refractivity contribution is -0.117. The monoisotopic (exact) mass is 410 g/mol. The van der Waals surface area contributed by atoms with Gasteiger partial charge in [0.2, 0.25) is 5.91 Å². The molecule has 2 aromatic rings. The number of rotatable bonds is 4. The molecule has 1 aliphatic heterocycles. The van der Waals surface area contributed by atoms with Crippen LogP contribution in [0, 0.1) is 5.82 Å². The maximum Gasteiger partial charge on any atom is 0.227 e. The summed E-state index contributed by atoms with van der Waals surface area (Å²) in [6.45, 7) is 1.29. The van der Waals surface area contributed by atoms with Crippen LogP contribution < -0.4 is 10.2 Å². The van der Waals surface area contributed by atoms with Gasteiger partial charge in [0, 0.05) is 18.8 Å². The minimum absolute atomic E-state index is 0.172. The SMILES string of the molecule is O=C(CC1(F)CC1)Nc1c(Cl)cc2c(c1Cl)CCN(c1ccc(F)cc1)C2. The second-order valence-corrected chi connectivity index (χ2v) is 7.99. The lowest BCUT2D eigenvalue weighted by atomic mass is 9.98. The van der Waals surface area contributed by atoms with Crippen LogP contribution in [0.15, 0.2) is 30.3 Å². The van der Waals surface area contributed by atoms with Crippen molar-refractivity contribution in [1.82, 2.24) is 0 Å². The fourth-order valence-electron chi connectivity index (χ4n) is 3.42. The molecule has 27 heavy (non-hydrogen) atoms. The molecule has 0 bridgehead atoms. The van der Waals surface area contributed by atoms with Crippen molar-refractivity contribution >= 4 is 40.5 Å². The first-order valence-electron chi connectivity index (χ1n) is 8.84. The van der Waals surface area contributed by atoms with Crippen LogP contribution >= 0.6 is 23.2 Å². The van der Waals surface area contributed by atoms with Crippen LogP contribution in [0.25, 0.3) is 0 Å². The van der Waals surface area contributed by atoms with Gasteiger partial charge < -0.3 is 10.2 Å². The van der Waals surface area contributed by atoms with Gasteiger partial charge >= 0.3 is 0 Å². The van der Waals surface area contributed by atoms with Gasteiger partial charge in [0.1, 0.15) is 11.5 Å². The Morgan fingerprint density at radius 1 is 1.22 bits per heavy atom. The van der Waals surface area contributed by atoms with Gasteiger partial charge in [0.25, 0.3) is 0 Å². The number of carbonyl (C=O) groups is 1. The van der Waals surface area contributed by atoms with E-state index in [0.29, 0.717) is 48.1 Å². The van der Waals surface area contributed by atoms with Gasteiger partial charge in [0.05, 0.1) is 22.2 Å². The molecule has 1 fully saturated rings. The van der Waals surface area contributed by atoms with E-state index in [1.165, 1.54) is 12.1 Å². The molecule has 0 spiro atoms. The minimum atomic E-state index is -1.37. The second-order valence-electron chi connectivity index (χ2n) is 7.21. The van der Waals surface area contributed by atoms with Crippen LogP contribution in [0.2, 0.25) is 10.0 Å². The van der Waals surface area contributed by atoms with E-state index in [9.17, 15) is 13.6 Å². The minimum Gasteiger partial charge on any atom is -0.367 e. The molecule has 4 rings (SSSR count). The largest absolute Gasteiger partial charge is 0.367 e. The highest BCUT2D eigenvalue weighted by atomic mass is 35.5. The molecule has 1 N–H and O–H groups in total. The molecular formula is C20H18Cl2F2N2O. The smallest absolute Gasteiger partial charge is 0.227 e. The van der Waals surface area contributed by atoms with Gasteiger partial charge in [-0.15, -0.1) is 0 Å². The summed E-state index contributed by atoms with van der Waals surface area (Å²) >= 11 is 12.9. The highest BCUT2D eigenvalue weighted by Gasteiger charge is 2.45. The second kappa shape index (κ2) is 6.95. The summed E-state index contributed by atoms with van der Waals surface area (Å²) in [5, 5.41) is 3.42. The fourth-order valence-corrected chi connectivity index (χ4v) is 4.11. The Morgan fingerprint density at radius 2 is 1.93 bits per heavy atom. The Balaban J connectivity index is 1.55. The number of anilines is 2. The van der Waals surface area contributed by atoms with Gasteiger partial charge in [-0.2, -0.15) is 0 Å². The van der Waals surface area contributed by atoms with E-state index in [1.807, 2.05) is 0 Å². The first kappa shape index (κ1) is 18.5. The van der Waals surface area contributed by atoms with Crippen molar-refractivity contribution in [2.45, 2.75) is 37.9 Å². The molecule has 0 aromatic heterocycles. The van der Waals surface area contributed by atoms with E-state index in [4.69, 9.17) is 23.2 Å². The Hall–Kier alpha value is -1.85. The van der Waals surface area contributed by atoms with Crippen molar-refractivity contribution in [1.29, 1.82) is 0 Å².